The maximum absolute atomic E-state index is 11.1. The Balaban J connectivity index is 3.05. The fourth-order valence-corrected chi connectivity index (χ4v) is 2.14. The van der Waals surface area contributed by atoms with E-state index in [1.165, 1.54) is 7.11 Å². The lowest BCUT2D eigenvalue weighted by atomic mass is 10.1. The molecule has 5 heteroatoms. The van der Waals surface area contributed by atoms with Crippen LogP contribution in [0.2, 0.25) is 5.02 Å². The van der Waals surface area contributed by atoms with Gasteiger partial charge in [0.25, 0.3) is 0 Å². The predicted octanol–water partition coefficient (Wildman–Crippen LogP) is 2.96. The van der Waals surface area contributed by atoms with E-state index in [1.807, 2.05) is 6.07 Å². The Morgan fingerprint density at radius 1 is 1.44 bits per heavy atom. The zero-order valence-electron chi connectivity index (χ0n) is 9.05. The third kappa shape index (κ3) is 3.12. The van der Waals surface area contributed by atoms with Gasteiger partial charge >= 0.3 is 5.97 Å². The van der Waals surface area contributed by atoms with E-state index in [4.69, 9.17) is 16.3 Å². The van der Waals surface area contributed by atoms with Gasteiger partial charge in [-0.25, -0.2) is 0 Å². The van der Waals surface area contributed by atoms with E-state index in [0.29, 0.717) is 16.1 Å². The Hall–Kier alpha value is -0.740. The molecule has 1 aromatic rings. The molecule has 0 N–H and O–H groups in total. The van der Waals surface area contributed by atoms with Gasteiger partial charge in [0, 0.05) is 10.9 Å². The van der Waals surface area contributed by atoms with Gasteiger partial charge in [-0.05, 0) is 11.6 Å². The quantitative estimate of drug-likeness (QED) is 0.634. The molecule has 1 aromatic carbocycles. The Kier molecular flexibility index (Phi) is 5.09. The van der Waals surface area contributed by atoms with Crippen molar-refractivity contribution in [2.75, 3.05) is 14.2 Å². The Morgan fingerprint density at radius 3 is 2.62 bits per heavy atom. The van der Waals surface area contributed by atoms with Crippen molar-refractivity contribution in [2.24, 2.45) is 0 Å². The summed E-state index contributed by atoms with van der Waals surface area (Å²) in [6.45, 7) is 0. The summed E-state index contributed by atoms with van der Waals surface area (Å²) in [5.41, 5.74) is 1.72. The summed E-state index contributed by atoms with van der Waals surface area (Å²) in [6, 6.07) is 3.58. The van der Waals surface area contributed by atoms with Gasteiger partial charge in [-0.1, -0.05) is 33.6 Å². The maximum Gasteiger partial charge on any atom is 0.309 e. The Bertz CT molecular complexity index is 393. The first kappa shape index (κ1) is 13.3. The van der Waals surface area contributed by atoms with Crippen LogP contribution in [0.3, 0.4) is 0 Å². The van der Waals surface area contributed by atoms with Crippen molar-refractivity contribution in [1.82, 2.24) is 0 Å². The van der Waals surface area contributed by atoms with E-state index in [2.05, 4.69) is 20.7 Å². The molecule has 0 aliphatic carbocycles. The summed E-state index contributed by atoms with van der Waals surface area (Å²) in [7, 11) is 2.92. The zero-order valence-corrected chi connectivity index (χ0v) is 11.4. The van der Waals surface area contributed by atoms with Crippen LogP contribution >= 0.6 is 27.5 Å². The van der Waals surface area contributed by atoms with Crippen LogP contribution in [0.25, 0.3) is 0 Å². The number of alkyl halides is 1. The molecule has 0 radical (unpaired) electrons. The van der Waals surface area contributed by atoms with Gasteiger partial charge in [-0.15, -0.1) is 0 Å². The molecule has 88 valence electrons. The number of esters is 1. The molecule has 0 aliphatic heterocycles. The van der Waals surface area contributed by atoms with Crippen molar-refractivity contribution in [2.45, 2.75) is 11.8 Å². The number of ether oxygens (including phenoxy) is 2. The van der Waals surface area contributed by atoms with Crippen molar-refractivity contribution in [1.29, 1.82) is 0 Å². The number of halogens is 2. The summed E-state index contributed by atoms with van der Waals surface area (Å²) in [4.78, 5) is 11.1. The van der Waals surface area contributed by atoms with Crippen molar-refractivity contribution in [3.05, 3.63) is 28.3 Å². The van der Waals surface area contributed by atoms with Crippen molar-refractivity contribution in [3.63, 3.8) is 0 Å². The smallest absolute Gasteiger partial charge is 0.309 e. The first-order valence-corrected chi connectivity index (χ1v) is 6.10. The zero-order chi connectivity index (χ0) is 12.1. The fourth-order valence-electron chi connectivity index (χ4n) is 1.38. The molecule has 0 aromatic heterocycles. The van der Waals surface area contributed by atoms with Crippen LogP contribution in [0.4, 0.5) is 0 Å². The lowest BCUT2D eigenvalue weighted by Crippen LogP contribution is -2.05. The number of methoxy groups -OCH3 is 2. The standard InChI is InChI=1S/C11H12BrClO3/c1-15-10(14)5-7-3-8(6-12)11(16-2)9(13)4-7/h3-4H,5-6H2,1-2H3. The topological polar surface area (TPSA) is 35.5 Å². The Morgan fingerprint density at radius 2 is 2.12 bits per heavy atom. The third-order valence-electron chi connectivity index (χ3n) is 2.10. The summed E-state index contributed by atoms with van der Waals surface area (Å²) in [5.74, 6) is 0.342. The highest BCUT2D eigenvalue weighted by molar-refractivity contribution is 9.08. The third-order valence-corrected chi connectivity index (χ3v) is 2.99. The Labute approximate surface area is 108 Å². The molecule has 0 spiro atoms. The second kappa shape index (κ2) is 6.11. The monoisotopic (exact) mass is 306 g/mol. The molecule has 16 heavy (non-hydrogen) atoms. The summed E-state index contributed by atoms with van der Waals surface area (Å²) in [6.07, 6.45) is 0.209. The number of hydrogen-bond donors (Lipinski definition) is 0. The maximum atomic E-state index is 11.1. The molecule has 0 unspecified atom stereocenters. The van der Waals surface area contributed by atoms with Gasteiger partial charge in [-0.2, -0.15) is 0 Å². The molecule has 0 bridgehead atoms. The minimum Gasteiger partial charge on any atom is -0.495 e. The first-order valence-electron chi connectivity index (χ1n) is 4.60. The van der Waals surface area contributed by atoms with E-state index in [0.717, 1.165) is 11.1 Å². The molecule has 0 saturated heterocycles. The van der Waals surface area contributed by atoms with Crippen LogP contribution in [-0.2, 0) is 21.3 Å². The number of hydrogen-bond acceptors (Lipinski definition) is 3. The number of carbonyl (C=O) groups is 1. The molecular weight excluding hydrogens is 295 g/mol. The van der Waals surface area contributed by atoms with Crippen molar-refractivity contribution < 1.29 is 14.3 Å². The predicted molar refractivity (Wildman–Crippen MR) is 66.4 cm³/mol. The van der Waals surface area contributed by atoms with E-state index in [9.17, 15) is 4.79 Å². The molecule has 0 amide bonds. The molecule has 0 fully saturated rings. The van der Waals surface area contributed by atoms with Crippen LogP contribution in [0.15, 0.2) is 12.1 Å². The normalized spacial score (nSPS) is 10.0. The van der Waals surface area contributed by atoms with Crippen LogP contribution in [-0.4, -0.2) is 20.2 Å². The highest BCUT2D eigenvalue weighted by atomic mass is 79.9. The molecular formula is C11H12BrClO3. The number of rotatable bonds is 4. The first-order chi connectivity index (χ1) is 7.62. The highest BCUT2D eigenvalue weighted by Crippen LogP contribution is 2.31. The average molecular weight is 308 g/mol. The SMILES string of the molecule is COC(=O)Cc1cc(Cl)c(OC)c(CBr)c1. The molecule has 0 atom stereocenters. The molecule has 0 aliphatic rings. The largest absolute Gasteiger partial charge is 0.495 e. The van der Waals surface area contributed by atoms with E-state index in [1.54, 1.807) is 13.2 Å². The number of benzene rings is 1. The summed E-state index contributed by atoms with van der Waals surface area (Å²) >= 11 is 9.39. The second-order valence-corrected chi connectivity index (χ2v) is 4.12. The van der Waals surface area contributed by atoms with Crippen LogP contribution in [0, 0.1) is 0 Å². The van der Waals surface area contributed by atoms with Crippen LogP contribution in [0.1, 0.15) is 11.1 Å². The summed E-state index contributed by atoms with van der Waals surface area (Å²) in [5, 5.41) is 1.11. The molecule has 0 saturated carbocycles. The average Bonchev–Trinajstić information content (AvgIpc) is 2.28. The van der Waals surface area contributed by atoms with Gasteiger partial charge in [-0.3, -0.25) is 4.79 Å². The van der Waals surface area contributed by atoms with Crippen LogP contribution < -0.4 is 4.74 Å². The molecule has 1 rings (SSSR count). The fraction of sp³-hybridized carbons (Fsp3) is 0.364. The van der Waals surface area contributed by atoms with E-state index >= 15 is 0 Å². The lowest BCUT2D eigenvalue weighted by molar-refractivity contribution is -0.139. The van der Waals surface area contributed by atoms with Crippen molar-refractivity contribution in [3.8, 4) is 5.75 Å². The van der Waals surface area contributed by atoms with Crippen molar-refractivity contribution >= 4 is 33.5 Å². The van der Waals surface area contributed by atoms with Gasteiger partial charge in [0.05, 0.1) is 25.7 Å². The number of carbonyl (C=O) groups excluding carboxylic acids is 1. The molecule has 0 heterocycles. The second-order valence-electron chi connectivity index (χ2n) is 3.16. The van der Waals surface area contributed by atoms with E-state index < -0.39 is 0 Å². The summed E-state index contributed by atoms with van der Waals surface area (Å²) < 4.78 is 9.77. The van der Waals surface area contributed by atoms with Gasteiger partial charge < -0.3 is 9.47 Å². The minimum atomic E-state index is -0.290. The van der Waals surface area contributed by atoms with Gasteiger partial charge in [0.15, 0.2) is 0 Å². The van der Waals surface area contributed by atoms with Gasteiger partial charge in [0.2, 0.25) is 0 Å². The van der Waals surface area contributed by atoms with E-state index in [-0.39, 0.29) is 12.4 Å². The van der Waals surface area contributed by atoms with Crippen LogP contribution in [0.5, 0.6) is 5.75 Å². The lowest BCUT2D eigenvalue weighted by Gasteiger charge is -2.10. The minimum absolute atomic E-state index is 0.209. The molecule has 3 nitrogen and oxygen atoms in total. The van der Waals surface area contributed by atoms with Gasteiger partial charge in [0.1, 0.15) is 5.75 Å². The highest BCUT2D eigenvalue weighted by Gasteiger charge is 2.11.